The number of rotatable bonds is 4. The molecule has 0 saturated carbocycles. The van der Waals surface area contributed by atoms with Crippen molar-refractivity contribution >= 4 is 43.9 Å². The smallest absolute Gasteiger partial charge is 0.147 e. The summed E-state index contributed by atoms with van der Waals surface area (Å²) in [6.45, 7) is 18.9. The molecule has 4 heteroatoms. The fraction of sp³-hybridized carbons (Fsp3) is 0.300. The van der Waals surface area contributed by atoms with Gasteiger partial charge in [0.1, 0.15) is 0 Å². The molecule has 0 atom stereocenters. The van der Waals surface area contributed by atoms with Crippen LogP contribution in [0.1, 0.15) is 81.3 Å². The minimum Gasteiger partial charge on any atom is -0.147 e. The summed E-state index contributed by atoms with van der Waals surface area (Å²) in [7, 11) is 0. The summed E-state index contributed by atoms with van der Waals surface area (Å²) in [6.07, 6.45) is 9.46. The van der Waals surface area contributed by atoms with Gasteiger partial charge in [0.15, 0.2) is 0 Å². The molecule has 4 aromatic rings. The van der Waals surface area contributed by atoms with E-state index >= 15 is 0 Å². The third-order valence-corrected chi connectivity index (χ3v) is 27.7. The Morgan fingerprint density at radius 1 is 0.682 bits per heavy atom. The number of halogens is 2. The fourth-order valence-corrected chi connectivity index (χ4v) is 28.4. The molecule has 0 radical (unpaired) electrons. The number of aryl methyl sites for hydroxylation is 2. The summed E-state index contributed by atoms with van der Waals surface area (Å²) in [5.41, 5.74) is 11.1. The molecule has 0 nitrogen and oxygen atoms in total. The molecule has 0 N–H and O–H groups in total. The molecule has 2 aliphatic carbocycles. The molecule has 0 aromatic heterocycles. The maximum atomic E-state index is 2.52. The fourth-order valence-electron chi connectivity index (χ4n) is 6.79. The van der Waals surface area contributed by atoms with Gasteiger partial charge in [-0.3, -0.25) is 0 Å². The summed E-state index contributed by atoms with van der Waals surface area (Å²) in [5, 5.41) is 3.19. The summed E-state index contributed by atoms with van der Waals surface area (Å²) in [4.78, 5) is 0. The first-order valence-electron chi connectivity index (χ1n) is 15.5. The Labute approximate surface area is 286 Å². The molecule has 0 bridgehead atoms. The standard InChI is InChI=1S/C21H25.C14H14Si.C5H5.2ClH.Zr/c1-20(2,3)16-7-9-18-14(12-16)11-15-13-17(21(4,5)6)8-10-19(15)18;1-11-5-3-7-13(9-11)15-14-8-4-6-12(2)10-14;1-2-4-5-3-1;;;/h7-10,12H,11H2,1-6H3;3-10H,1-2H3;1-3H,4H2;2*1H;. The average molecular weight is 717 g/mol. The molecule has 0 amide bonds. The van der Waals surface area contributed by atoms with Crippen LogP contribution in [0, 0.1) is 13.8 Å². The Morgan fingerprint density at radius 3 is 1.82 bits per heavy atom. The van der Waals surface area contributed by atoms with Gasteiger partial charge in [-0.2, -0.15) is 0 Å². The van der Waals surface area contributed by atoms with Crippen LogP contribution in [0.4, 0.5) is 0 Å². The van der Waals surface area contributed by atoms with Crippen molar-refractivity contribution in [3.63, 3.8) is 0 Å². The molecular weight excluding hydrogens is 671 g/mol. The first-order chi connectivity index (χ1) is 19.9. The van der Waals surface area contributed by atoms with Crippen LogP contribution in [0.5, 0.6) is 0 Å². The summed E-state index contributed by atoms with van der Waals surface area (Å²) in [5.74, 6) is 0. The van der Waals surface area contributed by atoms with Crippen molar-refractivity contribution in [3.8, 4) is 11.1 Å². The van der Waals surface area contributed by atoms with Gasteiger partial charge in [-0.25, -0.2) is 0 Å². The Balaban J connectivity index is 0.00000221. The van der Waals surface area contributed by atoms with Crippen LogP contribution < -0.4 is 13.6 Å². The maximum Gasteiger partial charge on any atom is -0.147 e. The number of allylic oxidation sites excluding steroid dienone is 4. The van der Waals surface area contributed by atoms with Gasteiger partial charge >= 0.3 is 263 Å². The zero-order valence-electron chi connectivity index (χ0n) is 27.5. The Hall–Kier alpha value is -1.96. The first kappa shape index (κ1) is 34.9. The van der Waals surface area contributed by atoms with E-state index in [4.69, 9.17) is 0 Å². The van der Waals surface area contributed by atoms with Crippen LogP contribution in [0.25, 0.3) is 11.1 Å². The monoisotopic (exact) mass is 714 g/mol. The Morgan fingerprint density at radius 2 is 1.30 bits per heavy atom. The van der Waals surface area contributed by atoms with Gasteiger partial charge in [0.2, 0.25) is 0 Å². The molecule has 6 rings (SSSR count). The molecule has 0 fully saturated rings. The third-order valence-electron chi connectivity index (χ3n) is 8.96. The van der Waals surface area contributed by atoms with E-state index in [1.54, 1.807) is 28.1 Å². The van der Waals surface area contributed by atoms with E-state index in [-0.39, 0.29) is 35.6 Å². The molecule has 4 aromatic carbocycles. The van der Waals surface area contributed by atoms with Crippen LogP contribution in [0.2, 0.25) is 0 Å². The summed E-state index contributed by atoms with van der Waals surface area (Å²) in [6, 6.07) is 31.4. The quantitative estimate of drug-likeness (QED) is 0.163. The van der Waals surface area contributed by atoms with E-state index in [9.17, 15) is 0 Å². The minimum atomic E-state index is -2.57. The Bertz CT molecular complexity index is 1760. The van der Waals surface area contributed by atoms with E-state index in [2.05, 4.69) is 152 Å². The molecule has 0 saturated heterocycles. The zero-order valence-corrected chi connectivity index (χ0v) is 32.6. The molecule has 0 spiro atoms. The van der Waals surface area contributed by atoms with E-state index in [0.29, 0.717) is 0 Å². The second kappa shape index (κ2) is 13.4. The second-order valence-electron chi connectivity index (χ2n) is 14.4. The number of fused-ring (bicyclic) bond motifs is 3. The van der Waals surface area contributed by atoms with Crippen molar-refractivity contribution in [1.29, 1.82) is 0 Å². The van der Waals surface area contributed by atoms with E-state index < -0.39 is 25.8 Å². The Kier molecular flexibility index (Phi) is 10.6. The zero-order chi connectivity index (χ0) is 29.8. The van der Waals surface area contributed by atoms with Crippen molar-refractivity contribution in [3.05, 3.63) is 134 Å². The van der Waals surface area contributed by atoms with E-state index in [1.165, 1.54) is 33.4 Å². The van der Waals surface area contributed by atoms with Gasteiger partial charge in [0.25, 0.3) is 0 Å². The number of benzene rings is 4. The topological polar surface area (TPSA) is 0 Å². The number of hydrogen-bond acceptors (Lipinski definition) is 0. The maximum absolute atomic E-state index is 2.57. The molecule has 228 valence electrons. The summed E-state index contributed by atoms with van der Waals surface area (Å²) >= 11 is -2.57. The van der Waals surface area contributed by atoms with Gasteiger partial charge < -0.3 is 0 Å². The van der Waals surface area contributed by atoms with Crippen molar-refractivity contribution in [2.75, 3.05) is 0 Å². The van der Waals surface area contributed by atoms with Crippen molar-refractivity contribution in [2.45, 2.75) is 79.1 Å². The van der Waals surface area contributed by atoms with Gasteiger partial charge in [0, 0.05) is 0 Å². The number of hydrogen-bond donors (Lipinski definition) is 0. The van der Waals surface area contributed by atoms with Crippen LogP contribution in [-0.4, -0.2) is 5.43 Å². The third kappa shape index (κ3) is 6.76. The van der Waals surface area contributed by atoms with Gasteiger partial charge in [-0.05, 0) is 0 Å². The van der Waals surface area contributed by atoms with E-state index in [1.807, 2.05) is 0 Å². The van der Waals surface area contributed by atoms with Gasteiger partial charge in [-0.1, -0.05) is 0 Å². The minimum absolute atomic E-state index is 0. The largest absolute Gasteiger partial charge is 0.147 e. The molecule has 2 aliphatic rings. The van der Waals surface area contributed by atoms with E-state index in [0.717, 1.165) is 12.8 Å². The first-order valence-corrected chi connectivity index (χ1v) is 23.1. The van der Waals surface area contributed by atoms with Crippen LogP contribution >= 0.6 is 24.8 Å². The predicted octanol–water partition coefficient (Wildman–Crippen LogP) is 9.21. The predicted molar refractivity (Wildman–Crippen MR) is 195 cm³/mol. The summed E-state index contributed by atoms with van der Waals surface area (Å²) < 4.78 is 3.56. The second-order valence-corrected chi connectivity index (χ2v) is 27.6. The van der Waals surface area contributed by atoms with Crippen LogP contribution in [-0.2, 0) is 37.6 Å². The molecular formula is C40H46Cl2SiZr. The average Bonchev–Trinajstić information content (AvgIpc) is 3.58. The van der Waals surface area contributed by atoms with Gasteiger partial charge in [0.05, 0.1) is 0 Å². The van der Waals surface area contributed by atoms with Gasteiger partial charge in [-0.15, -0.1) is 24.8 Å². The molecule has 0 unspecified atom stereocenters. The SMILES string of the molecule is Cc1cccc([Si](c2cccc(C)c2)=[Zr]([C]2=CC=CC2)[c]2c(C(C)(C)C)ccc3c2Cc2cc(C(C)(C)C)ccc2-3)c1.Cl.Cl. The van der Waals surface area contributed by atoms with Crippen LogP contribution in [0.15, 0.2) is 100 Å². The normalized spacial score (nSPS) is 13.4. The molecule has 44 heavy (non-hydrogen) atoms. The van der Waals surface area contributed by atoms with Crippen molar-refractivity contribution in [2.24, 2.45) is 0 Å². The van der Waals surface area contributed by atoms with Crippen LogP contribution in [0.3, 0.4) is 0 Å². The van der Waals surface area contributed by atoms with Crippen molar-refractivity contribution in [1.82, 2.24) is 0 Å². The molecule has 0 heterocycles. The molecule has 0 aliphatic heterocycles. The van der Waals surface area contributed by atoms with Crippen molar-refractivity contribution < 1.29 is 20.4 Å².